The number of nitrogens with one attached hydrogen (secondary N) is 2. The van der Waals surface area contributed by atoms with Crippen LogP contribution in [0, 0.1) is 0 Å². The first kappa shape index (κ1) is 19.2. The number of guanidine groups is 1. The van der Waals surface area contributed by atoms with Crippen molar-refractivity contribution in [1.29, 1.82) is 0 Å². The normalized spacial score (nSPS) is 17.6. The Morgan fingerprint density at radius 2 is 2.14 bits per heavy atom. The summed E-state index contributed by atoms with van der Waals surface area (Å²) in [6, 6.07) is 3.79. The van der Waals surface area contributed by atoms with Crippen LogP contribution in [-0.2, 0) is 16.0 Å². The molecule has 2 N–H and O–H groups in total. The molecule has 0 atom stereocenters. The van der Waals surface area contributed by atoms with Crippen molar-refractivity contribution in [2.24, 2.45) is 4.99 Å². The zero-order valence-corrected chi connectivity index (χ0v) is 15.6. The molecular formula is C15H26IN3O3. The number of furan rings is 1. The largest absolute Gasteiger partial charge is 0.467 e. The van der Waals surface area contributed by atoms with Gasteiger partial charge in [-0.2, -0.15) is 0 Å². The molecule has 1 aromatic rings. The first-order valence-corrected chi connectivity index (χ1v) is 7.45. The Bertz CT molecular complexity index is 431. The standard InChI is InChI=1S/C15H25N3O3.HI/c1-3-16-14(17-11-13-5-4-8-21-13)18-12-15(19-2)6-9-20-10-7-15;/h4-5,8H,3,6-7,9-12H2,1-2H3,(H2,16,17,18);1H. The highest BCUT2D eigenvalue weighted by molar-refractivity contribution is 14.0. The predicted molar refractivity (Wildman–Crippen MR) is 96.7 cm³/mol. The Labute approximate surface area is 149 Å². The molecule has 6 nitrogen and oxygen atoms in total. The molecule has 0 aliphatic carbocycles. The van der Waals surface area contributed by atoms with E-state index in [0.717, 1.165) is 50.9 Å². The van der Waals surface area contributed by atoms with Crippen LogP contribution in [0.1, 0.15) is 25.5 Å². The molecule has 0 radical (unpaired) electrons. The van der Waals surface area contributed by atoms with E-state index in [-0.39, 0.29) is 29.6 Å². The van der Waals surface area contributed by atoms with Crippen molar-refractivity contribution in [1.82, 2.24) is 10.6 Å². The van der Waals surface area contributed by atoms with E-state index in [1.54, 1.807) is 13.4 Å². The molecule has 1 saturated heterocycles. The highest BCUT2D eigenvalue weighted by Crippen LogP contribution is 2.23. The second kappa shape index (κ2) is 10.1. The van der Waals surface area contributed by atoms with Gasteiger partial charge in [-0.3, -0.25) is 0 Å². The number of halogens is 1. The first-order valence-electron chi connectivity index (χ1n) is 7.45. The smallest absolute Gasteiger partial charge is 0.191 e. The average molecular weight is 423 g/mol. The van der Waals surface area contributed by atoms with E-state index >= 15 is 0 Å². The van der Waals surface area contributed by atoms with Crippen molar-refractivity contribution < 1.29 is 13.9 Å². The quantitative estimate of drug-likeness (QED) is 0.417. The third-order valence-electron chi connectivity index (χ3n) is 3.73. The van der Waals surface area contributed by atoms with Crippen LogP contribution in [0.25, 0.3) is 0 Å². The number of methoxy groups -OCH3 is 1. The van der Waals surface area contributed by atoms with Gasteiger partial charge in [0.05, 0.1) is 11.9 Å². The van der Waals surface area contributed by atoms with Crippen molar-refractivity contribution in [3.05, 3.63) is 24.2 Å². The van der Waals surface area contributed by atoms with Crippen LogP contribution in [0.2, 0.25) is 0 Å². The van der Waals surface area contributed by atoms with Crippen molar-refractivity contribution in [3.8, 4) is 0 Å². The van der Waals surface area contributed by atoms with Crippen LogP contribution in [0.4, 0.5) is 0 Å². The van der Waals surface area contributed by atoms with Crippen LogP contribution in [-0.4, -0.2) is 45.0 Å². The second-order valence-corrected chi connectivity index (χ2v) is 5.13. The number of nitrogens with zero attached hydrogens (tertiary/aromatic N) is 1. The summed E-state index contributed by atoms with van der Waals surface area (Å²) >= 11 is 0. The molecule has 1 aliphatic heterocycles. The lowest BCUT2D eigenvalue weighted by molar-refractivity contribution is -0.0855. The van der Waals surface area contributed by atoms with Gasteiger partial charge in [0.15, 0.2) is 5.96 Å². The summed E-state index contributed by atoms with van der Waals surface area (Å²) in [6.07, 6.45) is 3.45. The van der Waals surface area contributed by atoms with Crippen molar-refractivity contribution in [3.63, 3.8) is 0 Å². The zero-order valence-electron chi connectivity index (χ0n) is 13.3. The number of hydrogen-bond donors (Lipinski definition) is 2. The monoisotopic (exact) mass is 423 g/mol. The van der Waals surface area contributed by atoms with Crippen LogP contribution in [0.15, 0.2) is 27.8 Å². The minimum absolute atomic E-state index is 0. The van der Waals surface area contributed by atoms with Gasteiger partial charge in [0.2, 0.25) is 0 Å². The van der Waals surface area contributed by atoms with E-state index in [0.29, 0.717) is 6.54 Å². The Balaban J connectivity index is 0.00000242. The van der Waals surface area contributed by atoms with Gasteiger partial charge in [-0.1, -0.05) is 0 Å². The molecule has 2 rings (SSSR count). The van der Waals surface area contributed by atoms with Gasteiger partial charge in [0, 0.05) is 46.3 Å². The van der Waals surface area contributed by atoms with E-state index in [4.69, 9.17) is 13.9 Å². The molecule has 22 heavy (non-hydrogen) atoms. The molecule has 0 saturated carbocycles. The summed E-state index contributed by atoms with van der Waals surface area (Å²) in [5.74, 6) is 1.62. The van der Waals surface area contributed by atoms with Gasteiger partial charge in [-0.05, 0) is 19.1 Å². The van der Waals surface area contributed by atoms with E-state index in [1.807, 2.05) is 19.1 Å². The Hall–Kier alpha value is -0.800. The number of aliphatic imine (C=N–C) groups is 1. The molecule has 0 bridgehead atoms. The fourth-order valence-electron chi connectivity index (χ4n) is 2.34. The predicted octanol–water partition coefficient (Wildman–Crippen LogP) is 2.15. The summed E-state index contributed by atoms with van der Waals surface area (Å²) in [5, 5.41) is 6.60. The van der Waals surface area contributed by atoms with Gasteiger partial charge in [0.1, 0.15) is 12.3 Å². The lowest BCUT2D eigenvalue weighted by atomic mass is 9.94. The third kappa shape index (κ3) is 5.77. The van der Waals surface area contributed by atoms with E-state index < -0.39 is 0 Å². The molecular weight excluding hydrogens is 397 g/mol. The zero-order chi connectivity index (χ0) is 15.0. The fourth-order valence-corrected chi connectivity index (χ4v) is 2.34. The highest BCUT2D eigenvalue weighted by Gasteiger charge is 2.32. The van der Waals surface area contributed by atoms with Crippen molar-refractivity contribution >= 4 is 29.9 Å². The van der Waals surface area contributed by atoms with Gasteiger partial charge in [-0.25, -0.2) is 4.99 Å². The summed E-state index contributed by atoms with van der Waals surface area (Å²) < 4.78 is 16.4. The molecule has 2 heterocycles. The third-order valence-corrected chi connectivity index (χ3v) is 3.73. The first-order chi connectivity index (χ1) is 10.3. The maximum absolute atomic E-state index is 5.71. The molecule has 7 heteroatoms. The lowest BCUT2D eigenvalue weighted by Crippen LogP contribution is -2.50. The van der Waals surface area contributed by atoms with E-state index in [2.05, 4.69) is 15.6 Å². The Kier molecular flexibility index (Phi) is 8.81. The molecule has 126 valence electrons. The molecule has 0 aromatic carbocycles. The molecule has 0 amide bonds. The topological polar surface area (TPSA) is 68.0 Å². The molecule has 1 aliphatic rings. The molecule has 0 unspecified atom stereocenters. The second-order valence-electron chi connectivity index (χ2n) is 5.13. The average Bonchev–Trinajstić information content (AvgIpc) is 3.04. The van der Waals surface area contributed by atoms with Gasteiger partial charge >= 0.3 is 0 Å². The van der Waals surface area contributed by atoms with Gasteiger partial charge < -0.3 is 24.5 Å². The summed E-state index contributed by atoms with van der Waals surface area (Å²) in [4.78, 5) is 4.52. The molecule has 0 spiro atoms. The maximum Gasteiger partial charge on any atom is 0.191 e. The van der Waals surface area contributed by atoms with Crippen LogP contribution < -0.4 is 10.6 Å². The minimum atomic E-state index is -0.168. The van der Waals surface area contributed by atoms with Gasteiger partial charge in [0.25, 0.3) is 0 Å². The van der Waals surface area contributed by atoms with Crippen molar-refractivity contribution in [2.45, 2.75) is 31.9 Å². The van der Waals surface area contributed by atoms with Crippen LogP contribution in [0.3, 0.4) is 0 Å². The van der Waals surface area contributed by atoms with Crippen LogP contribution >= 0.6 is 24.0 Å². The Morgan fingerprint density at radius 1 is 1.36 bits per heavy atom. The summed E-state index contributed by atoms with van der Waals surface area (Å²) in [5.41, 5.74) is -0.168. The van der Waals surface area contributed by atoms with Crippen molar-refractivity contribution in [2.75, 3.05) is 33.4 Å². The fraction of sp³-hybridized carbons (Fsp3) is 0.667. The maximum atomic E-state index is 5.71. The summed E-state index contributed by atoms with van der Waals surface area (Å²) in [6.45, 7) is 5.59. The minimum Gasteiger partial charge on any atom is -0.467 e. The Morgan fingerprint density at radius 3 is 2.73 bits per heavy atom. The van der Waals surface area contributed by atoms with E-state index in [1.165, 1.54) is 0 Å². The number of hydrogen-bond acceptors (Lipinski definition) is 4. The number of ether oxygens (including phenoxy) is 2. The molecule has 1 fully saturated rings. The summed E-state index contributed by atoms with van der Waals surface area (Å²) in [7, 11) is 1.76. The van der Waals surface area contributed by atoms with E-state index in [9.17, 15) is 0 Å². The lowest BCUT2D eigenvalue weighted by Gasteiger charge is -2.36. The van der Waals surface area contributed by atoms with Crippen LogP contribution in [0.5, 0.6) is 0 Å². The SMILES string of the molecule is CCNC(=NCc1ccco1)NCC1(OC)CCOCC1.I. The number of rotatable bonds is 6. The highest BCUT2D eigenvalue weighted by atomic mass is 127. The molecule has 1 aromatic heterocycles. The van der Waals surface area contributed by atoms with Gasteiger partial charge in [-0.15, -0.1) is 24.0 Å².